The Morgan fingerprint density at radius 1 is 0.483 bits per heavy atom. The Kier molecular flexibility index (Phi) is 9.65. The molecule has 6 aromatic carbocycles. The standard InChI is InChI=1S/C53H36N3O.Ir/c1-52(39-20-8-4-9-21-39,47-26-14-15-31-54-47)41-34-44-43-29-28-37-19-12-13-24-42(37)50(43)57-51(44)45(35-41)46-25-16-27-48(56-46)53(2,40-22-10-5-11-23-40)49-33-38(30-32-55-49)36-17-6-3-7-18-36;/h3-20,22,24-34H,1-2H3;/q-3;+3. The molecule has 0 radical (unpaired) electrons. The van der Waals surface area contributed by atoms with Crippen molar-refractivity contribution in [1.82, 2.24) is 15.0 Å². The van der Waals surface area contributed by atoms with Crippen LogP contribution in [-0.4, -0.2) is 15.0 Å². The van der Waals surface area contributed by atoms with E-state index >= 15 is 0 Å². The van der Waals surface area contributed by atoms with E-state index in [-0.39, 0.29) is 20.1 Å². The molecular formula is C53H36IrN3O. The van der Waals surface area contributed by atoms with E-state index in [1.54, 1.807) is 0 Å². The summed E-state index contributed by atoms with van der Waals surface area (Å²) in [6.45, 7) is 4.40. The number of rotatable bonds is 8. The zero-order valence-corrected chi connectivity index (χ0v) is 34.3. The van der Waals surface area contributed by atoms with Crippen molar-refractivity contribution in [3.63, 3.8) is 0 Å². The van der Waals surface area contributed by atoms with Gasteiger partial charge >= 0.3 is 20.1 Å². The summed E-state index contributed by atoms with van der Waals surface area (Å²) in [5.74, 6) is 0. The average molecular weight is 923 g/mol. The SMILES string of the molecule is CC(c1[c-]cccc1)(c1[c-]c(-c2cccc(C(C)(c3[c-]cccc3)c3cc(-c4ccccc4)ccn3)n2)c2oc3c4ccccc4ccc3c2c1)c1ccccn1.[Ir+3]. The van der Waals surface area contributed by atoms with Crippen LogP contribution in [0.3, 0.4) is 0 Å². The molecule has 10 aromatic rings. The summed E-state index contributed by atoms with van der Waals surface area (Å²) in [4.78, 5) is 15.5. The Morgan fingerprint density at radius 2 is 1.19 bits per heavy atom. The van der Waals surface area contributed by atoms with Crippen molar-refractivity contribution < 1.29 is 24.5 Å². The molecule has 58 heavy (non-hydrogen) atoms. The van der Waals surface area contributed by atoms with Gasteiger partial charge in [-0.05, 0) is 66.4 Å². The van der Waals surface area contributed by atoms with Crippen LogP contribution in [0, 0.1) is 18.2 Å². The molecule has 0 aliphatic heterocycles. The van der Waals surface area contributed by atoms with Crippen LogP contribution < -0.4 is 0 Å². The Labute approximate surface area is 351 Å². The first-order valence-electron chi connectivity index (χ1n) is 19.2. The van der Waals surface area contributed by atoms with Crippen molar-refractivity contribution in [3.8, 4) is 22.4 Å². The summed E-state index contributed by atoms with van der Waals surface area (Å²) in [5.41, 5.74) is 9.30. The van der Waals surface area contributed by atoms with Crippen molar-refractivity contribution in [2.45, 2.75) is 24.7 Å². The molecule has 0 bridgehead atoms. The van der Waals surface area contributed by atoms with Gasteiger partial charge in [0, 0.05) is 34.3 Å². The van der Waals surface area contributed by atoms with Gasteiger partial charge in [0.25, 0.3) is 0 Å². The van der Waals surface area contributed by atoms with Gasteiger partial charge in [-0.1, -0.05) is 95.9 Å². The van der Waals surface area contributed by atoms with E-state index in [9.17, 15) is 0 Å². The van der Waals surface area contributed by atoms with Crippen molar-refractivity contribution in [2.75, 3.05) is 0 Å². The first-order valence-corrected chi connectivity index (χ1v) is 19.2. The maximum absolute atomic E-state index is 6.98. The summed E-state index contributed by atoms with van der Waals surface area (Å²) in [5, 5.41) is 4.19. The smallest absolute Gasteiger partial charge is 0.500 e. The Balaban J connectivity index is 0.00000436. The zero-order valence-electron chi connectivity index (χ0n) is 31.9. The van der Waals surface area contributed by atoms with Gasteiger partial charge in [-0.25, -0.2) is 0 Å². The molecule has 278 valence electrons. The second-order valence-corrected chi connectivity index (χ2v) is 14.8. The summed E-state index contributed by atoms with van der Waals surface area (Å²) in [7, 11) is 0. The van der Waals surface area contributed by atoms with Crippen LogP contribution in [0.1, 0.15) is 47.6 Å². The fraction of sp³-hybridized carbons (Fsp3) is 0.0755. The van der Waals surface area contributed by atoms with E-state index < -0.39 is 10.8 Å². The second-order valence-electron chi connectivity index (χ2n) is 14.8. The molecule has 0 fully saturated rings. The van der Waals surface area contributed by atoms with E-state index in [0.29, 0.717) is 0 Å². The average Bonchev–Trinajstić information content (AvgIpc) is 3.69. The van der Waals surface area contributed by atoms with Gasteiger partial charge in [-0.3, -0.25) is 15.0 Å². The molecular weight excluding hydrogens is 887 g/mol. The minimum absolute atomic E-state index is 0. The monoisotopic (exact) mass is 923 g/mol. The number of furan rings is 1. The number of fused-ring (bicyclic) bond motifs is 5. The summed E-state index contributed by atoms with van der Waals surface area (Å²) >= 11 is 0. The van der Waals surface area contributed by atoms with Crippen LogP contribution in [0.15, 0.2) is 187 Å². The molecule has 2 unspecified atom stereocenters. The first kappa shape index (κ1) is 37.1. The minimum Gasteiger partial charge on any atom is -0.500 e. The van der Waals surface area contributed by atoms with E-state index in [2.05, 4.69) is 153 Å². The molecule has 4 heterocycles. The van der Waals surface area contributed by atoms with E-state index in [1.165, 1.54) is 0 Å². The zero-order chi connectivity index (χ0) is 38.4. The van der Waals surface area contributed by atoms with Crippen LogP contribution >= 0.6 is 0 Å². The molecule has 0 N–H and O–H groups in total. The summed E-state index contributed by atoms with van der Waals surface area (Å²) < 4.78 is 6.98. The Morgan fingerprint density at radius 3 is 1.95 bits per heavy atom. The van der Waals surface area contributed by atoms with Crippen molar-refractivity contribution in [3.05, 3.63) is 234 Å². The number of hydrogen-bond acceptors (Lipinski definition) is 4. The van der Waals surface area contributed by atoms with Crippen molar-refractivity contribution in [1.29, 1.82) is 0 Å². The number of benzene rings is 6. The van der Waals surface area contributed by atoms with E-state index in [1.807, 2.05) is 60.9 Å². The van der Waals surface area contributed by atoms with Crippen molar-refractivity contribution in [2.24, 2.45) is 0 Å². The van der Waals surface area contributed by atoms with E-state index in [0.717, 1.165) is 88.9 Å². The normalized spacial score (nSPS) is 13.5. The molecule has 0 saturated heterocycles. The van der Waals surface area contributed by atoms with Crippen LogP contribution in [0.25, 0.3) is 55.1 Å². The molecule has 4 nitrogen and oxygen atoms in total. The third-order valence-electron chi connectivity index (χ3n) is 11.5. The number of aromatic nitrogens is 3. The predicted molar refractivity (Wildman–Crippen MR) is 229 cm³/mol. The maximum Gasteiger partial charge on any atom is 3.00 e. The molecule has 0 saturated carbocycles. The number of hydrogen-bond donors (Lipinski definition) is 0. The van der Waals surface area contributed by atoms with Gasteiger partial charge < -0.3 is 4.42 Å². The molecule has 2 atom stereocenters. The molecule has 0 aliphatic carbocycles. The fourth-order valence-electron chi connectivity index (χ4n) is 8.26. The van der Waals surface area contributed by atoms with Gasteiger partial charge in [0.2, 0.25) is 0 Å². The predicted octanol–water partition coefficient (Wildman–Crippen LogP) is 12.4. The van der Waals surface area contributed by atoms with Crippen LogP contribution in [-0.2, 0) is 30.9 Å². The molecule has 10 rings (SSSR count). The molecule has 4 aromatic heterocycles. The van der Waals surface area contributed by atoms with Crippen LogP contribution in [0.5, 0.6) is 0 Å². The molecule has 0 spiro atoms. The third kappa shape index (κ3) is 6.15. The molecule has 0 aliphatic rings. The van der Waals surface area contributed by atoms with Crippen molar-refractivity contribution >= 4 is 32.7 Å². The van der Waals surface area contributed by atoms with Crippen LogP contribution in [0.2, 0.25) is 0 Å². The van der Waals surface area contributed by atoms with Gasteiger partial charge in [0.05, 0.1) is 22.4 Å². The van der Waals surface area contributed by atoms with Gasteiger partial charge in [-0.15, -0.1) is 28.8 Å². The summed E-state index contributed by atoms with van der Waals surface area (Å²) in [6.07, 6.45) is 3.74. The molecule has 5 heteroatoms. The number of nitrogens with zero attached hydrogens (tertiary/aromatic N) is 3. The summed E-state index contributed by atoms with van der Waals surface area (Å²) in [6, 6.07) is 69.1. The first-order chi connectivity index (χ1) is 28.0. The minimum atomic E-state index is -0.760. The topological polar surface area (TPSA) is 51.8 Å². The maximum atomic E-state index is 6.98. The second kappa shape index (κ2) is 15.1. The quantitative estimate of drug-likeness (QED) is 0.143. The Bertz CT molecular complexity index is 3000. The van der Waals surface area contributed by atoms with Gasteiger partial charge in [0.15, 0.2) is 0 Å². The largest absolute Gasteiger partial charge is 3.00 e. The Hall–Kier alpha value is -6.52. The fourth-order valence-corrected chi connectivity index (χ4v) is 8.26. The van der Waals surface area contributed by atoms with Gasteiger partial charge in [0.1, 0.15) is 5.58 Å². The van der Waals surface area contributed by atoms with Crippen LogP contribution in [0.4, 0.5) is 0 Å². The number of pyridine rings is 3. The van der Waals surface area contributed by atoms with E-state index in [4.69, 9.17) is 19.4 Å². The van der Waals surface area contributed by atoms with Gasteiger partial charge in [-0.2, -0.15) is 60.7 Å². The third-order valence-corrected chi connectivity index (χ3v) is 11.5. The molecule has 0 amide bonds.